The zero-order valence-electron chi connectivity index (χ0n) is 10.7. The molecule has 22 heavy (non-hydrogen) atoms. The van der Waals surface area contributed by atoms with Gasteiger partial charge in [0.15, 0.2) is 0 Å². The number of fused-ring (bicyclic) bond motifs is 1. The summed E-state index contributed by atoms with van der Waals surface area (Å²) in [5, 5.41) is 0.409. The molecule has 0 saturated heterocycles. The van der Waals surface area contributed by atoms with Gasteiger partial charge < -0.3 is 0 Å². The topological polar surface area (TPSA) is 38.7 Å². The zero-order valence-corrected chi connectivity index (χ0v) is 12.2. The predicted molar refractivity (Wildman–Crippen MR) is 77.8 cm³/mol. The molecule has 0 bridgehead atoms. The molecule has 8 heteroatoms. The number of nitrogens with zero attached hydrogens (tertiary/aromatic N) is 3. The number of hydrogen-bond donors (Lipinski definition) is 0. The number of hydrogen-bond acceptors (Lipinski definition) is 3. The molecule has 0 radical (unpaired) electrons. The molecule has 3 heterocycles. The van der Waals surface area contributed by atoms with E-state index in [2.05, 4.69) is 15.0 Å². The second-order valence-electron chi connectivity index (χ2n) is 4.42. The molecule has 3 aromatic rings. The van der Waals surface area contributed by atoms with Crippen molar-refractivity contribution in [1.82, 2.24) is 15.0 Å². The standard InChI is InChI=1S/C14H6Cl2F3N3/c15-9-5-11(16)22-10-4-7(6-21-13(9)10)12-8(14(17,18)19)2-1-3-20-12/h1-6H. The molecular formula is C14H6Cl2F3N3. The molecule has 0 fully saturated rings. The summed E-state index contributed by atoms with van der Waals surface area (Å²) in [5.41, 5.74) is -0.217. The third-order valence-electron chi connectivity index (χ3n) is 2.95. The lowest BCUT2D eigenvalue weighted by Gasteiger charge is -2.12. The average molecular weight is 344 g/mol. The molecule has 0 unspecified atom stereocenters. The lowest BCUT2D eigenvalue weighted by atomic mass is 10.1. The highest BCUT2D eigenvalue weighted by atomic mass is 35.5. The Morgan fingerprint density at radius 3 is 2.55 bits per heavy atom. The first-order valence-electron chi connectivity index (χ1n) is 6.00. The highest BCUT2D eigenvalue weighted by molar-refractivity contribution is 6.37. The van der Waals surface area contributed by atoms with Crippen molar-refractivity contribution in [3.05, 3.63) is 52.4 Å². The van der Waals surface area contributed by atoms with Crippen LogP contribution in [-0.4, -0.2) is 15.0 Å². The molecular weight excluding hydrogens is 338 g/mol. The molecule has 0 spiro atoms. The lowest BCUT2D eigenvalue weighted by Crippen LogP contribution is -2.08. The molecule has 0 saturated carbocycles. The minimum absolute atomic E-state index is 0.133. The van der Waals surface area contributed by atoms with Crippen LogP contribution in [0, 0.1) is 0 Å². The molecule has 3 nitrogen and oxygen atoms in total. The maximum atomic E-state index is 13.1. The average Bonchev–Trinajstić information content (AvgIpc) is 2.45. The first-order chi connectivity index (χ1) is 10.4. The van der Waals surface area contributed by atoms with Crippen LogP contribution in [0.25, 0.3) is 22.3 Å². The van der Waals surface area contributed by atoms with Gasteiger partial charge in [-0.1, -0.05) is 23.2 Å². The molecule has 112 valence electrons. The van der Waals surface area contributed by atoms with Crippen molar-refractivity contribution in [3.8, 4) is 11.3 Å². The van der Waals surface area contributed by atoms with E-state index in [1.807, 2.05) is 0 Å². The van der Waals surface area contributed by atoms with Gasteiger partial charge in [-0.2, -0.15) is 13.2 Å². The van der Waals surface area contributed by atoms with Gasteiger partial charge in [0, 0.05) is 18.0 Å². The fourth-order valence-corrected chi connectivity index (χ4v) is 2.54. The van der Waals surface area contributed by atoms with Gasteiger partial charge in [0.1, 0.15) is 10.7 Å². The number of rotatable bonds is 1. The largest absolute Gasteiger partial charge is 0.418 e. The third-order valence-corrected chi connectivity index (χ3v) is 3.44. The van der Waals surface area contributed by atoms with Crippen molar-refractivity contribution in [3.63, 3.8) is 0 Å². The first kappa shape index (κ1) is 15.0. The van der Waals surface area contributed by atoms with Gasteiger partial charge in [-0.05, 0) is 24.3 Å². The predicted octanol–water partition coefficient (Wildman–Crippen LogP) is 5.02. The van der Waals surface area contributed by atoms with Gasteiger partial charge in [-0.25, -0.2) is 4.98 Å². The molecule has 0 aliphatic rings. The highest BCUT2D eigenvalue weighted by Crippen LogP contribution is 2.36. The minimum Gasteiger partial charge on any atom is -0.256 e. The number of alkyl halides is 3. The molecule has 0 aliphatic carbocycles. The summed E-state index contributed by atoms with van der Waals surface area (Å²) in [6.45, 7) is 0. The van der Waals surface area contributed by atoms with Crippen LogP contribution in [-0.2, 0) is 6.18 Å². The molecule has 0 aliphatic heterocycles. The number of halogens is 5. The second-order valence-corrected chi connectivity index (χ2v) is 5.21. The SMILES string of the molecule is FC(F)(F)c1cccnc1-c1cnc2c(Cl)cc(Cl)nc2c1. The van der Waals surface area contributed by atoms with Crippen LogP contribution in [0.3, 0.4) is 0 Å². The van der Waals surface area contributed by atoms with E-state index in [-0.39, 0.29) is 21.4 Å². The van der Waals surface area contributed by atoms with Gasteiger partial charge in [-0.3, -0.25) is 9.97 Å². The van der Waals surface area contributed by atoms with E-state index < -0.39 is 11.7 Å². The van der Waals surface area contributed by atoms with Crippen molar-refractivity contribution < 1.29 is 13.2 Å². The summed E-state index contributed by atoms with van der Waals surface area (Å²) < 4.78 is 39.2. The second kappa shape index (κ2) is 5.37. The third kappa shape index (κ3) is 2.71. The summed E-state index contributed by atoms with van der Waals surface area (Å²) in [6.07, 6.45) is -1.95. The minimum atomic E-state index is -4.52. The fraction of sp³-hybridized carbons (Fsp3) is 0.0714. The molecule has 3 rings (SSSR count). The van der Waals surface area contributed by atoms with E-state index in [0.717, 1.165) is 6.07 Å². The van der Waals surface area contributed by atoms with Crippen LogP contribution in [0.2, 0.25) is 10.2 Å². The smallest absolute Gasteiger partial charge is 0.256 e. The van der Waals surface area contributed by atoms with E-state index >= 15 is 0 Å². The molecule has 0 amide bonds. The maximum absolute atomic E-state index is 13.1. The van der Waals surface area contributed by atoms with Crippen molar-refractivity contribution >= 4 is 34.2 Å². The van der Waals surface area contributed by atoms with Crippen molar-refractivity contribution in [1.29, 1.82) is 0 Å². The van der Waals surface area contributed by atoms with Gasteiger partial charge in [0.2, 0.25) is 0 Å². The molecule has 0 aromatic carbocycles. The highest BCUT2D eigenvalue weighted by Gasteiger charge is 2.34. The van der Waals surface area contributed by atoms with Gasteiger partial charge in [-0.15, -0.1) is 0 Å². The Morgan fingerprint density at radius 2 is 1.82 bits per heavy atom. The number of aromatic nitrogens is 3. The van der Waals surface area contributed by atoms with E-state index in [4.69, 9.17) is 23.2 Å². The lowest BCUT2D eigenvalue weighted by molar-refractivity contribution is -0.137. The van der Waals surface area contributed by atoms with Gasteiger partial charge >= 0.3 is 6.18 Å². The fourth-order valence-electron chi connectivity index (χ4n) is 2.04. The van der Waals surface area contributed by atoms with Gasteiger partial charge in [0.05, 0.1) is 21.8 Å². The normalized spacial score (nSPS) is 11.9. The van der Waals surface area contributed by atoms with Crippen LogP contribution in [0.15, 0.2) is 36.7 Å². The van der Waals surface area contributed by atoms with Crippen LogP contribution >= 0.6 is 23.2 Å². The summed E-state index contributed by atoms with van der Waals surface area (Å²) >= 11 is 11.8. The summed E-state index contributed by atoms with van der Waals surface area (Å²) in [4.78, 5) is 11.9. The van der Waals surface area contributed by atoms with Crippen molar-refractivity contribution in [2.24, 2.45) is 0 Å². The number of pyridine rings is 3. The van der Waals surface area contributed by atoms with Gasteiger partial charge in [0.25, 0.3) is 0 Å². The Kier molecular flexibility index (Phi) is 3.66. The Labute approximate surface area is 132 Å². The zero-order chi connectivity index (χ0) is 15.9. The van der Waals surface area contributed by atoms with Crippen LogP contribution in [0.1, 0.15) is 5.56 Å². The van der Waals surface area contributed by atoms with E-state index in [9.17, 15) is 13.2 Å². The Hall–Kier alpha value is -1.92. The van der Waals surface area contributed by atoms with Crippen molar-refractivity contribution in [2.75, 3.05) is 0 Å². The molecule has 3 aromatic heterocycles. The maximum Gasteiger partial charge on any atom is 0.418 e. The Bertz CT molecular complexity index is 866. The quantitative estimate of drug-likeness (QED) is 0.582. The Balaban J connectivity index is 2.24. The monoisotopic (exact) mass is 343 g/mol. The van der Waals surface area contributed by atoms with Crippen molar-refractivity contribution in [2.45, 2.75) is 6.18 Å². The van der Waals surface area contributed by atoms with E-state index in [0.29, 0.717) is 11.0 Å². The summed E-state index contributed by atoms with van der Waals surface area (Å²) in [5.74, 6) is 0. The Morgan fingerprint density at radius 1 is 1.05 bits per heavy atom. The van der Waals surface area contributed by atoms with Crippen LogP contribution < -0.4 is 0 Å². The van der Waals surface area contributed by atoms with E-state index in [1.165, 1.54) is 30.6 Å². The summed E-state index contributed by atoms with van der Waals surface area (Å²) in [6, 6.07) is 5.04. The van der Waals surface area contributed by atoms with Crippen LogP contribution in [0.5, 0.6) is 0 Å². The first-order valence-corrected chi connectivity index (χ1v) is 6.76. The van der Waals surface area contributed by atoms with Crippen LogP contribution in [0.4, 0.5) is 13.2 Å². The van der Waals surface area contributed by atoms with E-state index in [1.54, 1.807) is 0 Å². The molecule has 0 N–H and O–H groups in total. The molecule has 0 atom stereocenters. The summed E-state index contributed by atoms with van der Waals surface area (Å²) in [7, 11) is 0.